The summed E-state index contributed by atoms with van der Waals surface area (Å²) in [5.41, 5.74) is -0.535. The maximum atomic E-state index is 12.4. The van der Waals surface area contributed by atoms with Crippen LogP contribution in [0.25, 0.3) is 0 Å². The Hall–Kier alpha value is -1.43. The molecule has 0 radical (unpaired) electrons. The zero-order valence-corrected chi connectivity index (χ0v) is 12.2. The van der Waals surface area contributed by atoms with Crippen LogP contribution in [0.1, 0.15) is 30.3 Å². The van der Waals surface area contributed by atoms with E-state index in [1.165, 1.54) is 0 Å². The van der Waals surface area contributed by atoms with E-state index in [9.17, 15) is 14.7 Å². The largest absolute Gasteiger partial charge is 0.481 e. The maximum Gasteiger partial charge on any atom is 0.311 e. The number of likely N-dealkylation sites (tertiary alicyclic amines) is 1. The fourth-order valence-corrected chi connectivity index (χ4v) is 2.70. The molecular formula is C13H15BrN2O3. The first-order chi connectivity index (χ1) is 8.94. The van der Waals surface area contributed by atoms with Gasteiger partial charge in [-0.15, -0.1) is 0 Å². The number of amides is 1. The number of carbonyl (C=O) groups is 2. The van der Waals surface area contributed by atoms with Gasteiger partial charge < -0.3 is 10.0 Å². The van der Waals surface area contributed by atoms with E-state index in [0.29, 0.717) is 29.6 Å². The van der Waals surface area contributed by atoms with Crippen LogP contribution in [0.2, 0.25) is 0 Å². The molecule has 2 heterocycles. The number of pyridine rings is 1. The van der Waals surface area contributed by atoms with Crippen molar-refractivity contribution in [3.8, 4) is 0 Å². The Balaban J connectivity index is 2.21. The molecule has 0 saturated carbocycles. The predicted octanol–water partition coefficient (Wildman–Crippen LogP) is 2.17. The van der Waals surface area contributed by atoms with Gasteiger partial charge in [-0.2, -0.15) is 0 Å². The average Bonchev–Trinajstić information content (AvgIpc) is 2.38. The van der Waals surface area contributed by atoms with Gasteiger partial charge in [0.05, 0.1) is 5.41 Å². The van der Waals surface area contributed by atoms with Gasteiger partial charge in [0.1, 0.15) is 5.69 Å². The first kappa shape index (κ1) is 14.0. The van der Waals surface area contributed by atoms with Gasteiger partial charge in [0.15, 0.2) is 0 Å². The SMILES string of the molecule is CC1(C(=O)O)CCCN(C(=O)c2ncccc2Br)C1. The number of carboxylic acid groups (broad SMARTS) is 1. The van der Waals surface area contributed by atoms with Crippen LogP contribution in [-0.2, 0) is 4.79 Å². The van der Waals surface area contributed by atoms with Crippen LogP contribution in [0.4, 0.5) is 0 Å². The summed E-state index contributed by atoms with van der Waals surface area (Å²) in [5.74, 6) is -1.08. The molecular weight excluding hydrogens is 312 g/mol. The summed E-state index contributed by atoms with van der Waals surface area (Å²) in [4.78, 5) is 29.3. The Morgan fingerprint density at radius 3 is 2.89 bits per heavy atom. The fourth-order valence-electron chi connectivity index (χ4n) is 2.28. The van der Waals surface area contributed by atoms with Crippen LogP contribution in [0, 0.1) is 5.41 Å². The van der Waals surface area contributed by atoms with Crippen molar-refractivity contribution in [2.75, 3.05) is 13.1 Å². The molecule has 0 aliphatic carbocycles. The number of carbonyl (C=O) groups excluding carboxylic acids is 1. The van der Waals surface area contributed by atoms with Crippen LogP contribution >= 0.6 is 15.9 Å². The van der Waals surface area contributed by atoms with Crippen LogP contribution in [0.3, 0.4) is 0 Å². The average molecular weight is 327 g/mol. The maximum absolute atomic E-state index is 12.4. The molecule has 5 nitrogen and oxygen atoms in total. The van der Waals surface area contributed by atoms with Crippen molar-refractivity contribution in [2.24, 2.45) is 5.41 Å². The van der Waals surface area contributed by atoms with Crippen molar-refractivity contribution in [3.63, 3.8) is 0 Å². The number of piperidine rings is 1. The zero-order valence-electron chi connectivity index (χ0n) is 10.6. The second-order valence-corrected chi connectivity index (χ2v) is 5.88. The Bertz CT molecular complexity index is 520. The van der Waals surface area contributed by atoms with Gasteiger partial charge in [-0.05, 0) is 47.8 Å². The van der Waals surface area contributed by atoms with E-state index in [4.69, 9.17) is 0 Å². The molecule has 1 aromatic heterocycles. The van der Waals surface area contributed by atoms with Crippen molar-refractivity contribution >= 4 is 27.8 Å². The quantitative estimate of drug-likeness (QED) is 0.904. The number of hydrogen-bond donors (Lipinski definition) is 1. The van der Waals surface area contributed by atoms with E-state index in [1.54, 1.807) is 30.2 Å². The van der Waals surface area contributed by atoms with Crippen molar-refractivity contribution in [2.45, 2.75) is 19.8 Å². The topological polar surface area (TPSA) is 70.5 Å². The van der Waals surface area contributed by atoms with Crippen molar-refractivity contribution < 1.29 is 14.7 Å². The van der Waals surface area contributed by atoms with Gasteiger partial charge in [-0.1, -0.05) is 0 Å². The minimum absolute atomic E-state index is 0.223. The lowest BCUT2D eigenvalue weighted by atomic mass is 9.82. The van der Waals surface area contributed by atoms with Gasteiger partial charge in [0.25, 0.3) is 5.91 Å². The smallest absolute Gasteiger partial charge is 0.311 e. The zero-order chi connectivity index (χ0) is 14.0. The highest BCUT2D eigenvalue weighted by atomic mass is 79.9. The molecule has 1 amide bonds. The Labute approximate surface area is 119 Å². The second kappa shape index (κ2) is 5.28. The van der Waals surface area contributed by atoms with Gasteiger partial charge in [-0.3, -0.25) is 9.59 Å². The first-order valence-electron chi connectivity index (χ1n) is 6.07. The van der Waals surface area contributed by atoms with Crippen molar-refractivity contribution in [3.05, 3.63) is 28.5 Å². The number of halogens is 1. The third kappa shape index (κ3) is 2.78. The highest BCUT2D eigenvalue weighted by molar-refractivity contribution is 9.10. The van der Waals surface area contributed by atoms with Crippen LogP contribution in [0.5, 0.6) is 0 Å². The lowest BCUT2D eigenvalue weighted by Crippen LogP contribution is -2.48. The lowest BCUT2D eigenvalue weighted by Gasteiger charge is -2.37. The highest BCUT2D eigenvalue weighted by Gasteiger charge is 2.39. The van der Waals surface area contributed by atoms with E-state index in [1.807, 2.05) is 0 Å². The number of nitrogens with zero attached hydrogens (tertiary/aromatic N) is 2. The molecule has 1 aliphatic heterocycles. The number of hydrogen-bond acceptors (Lipinski definition) is 3. The van der Waals surface area contributed by atoms with E-state index in [0.717, 1.165) is 0 Å². The molecule has 1 unspecified atom stereocenters. The third-order valence-electron chi connectivity index (χ3n) is 3.46. The molecule has 1 N–H and O–H groups in total. The number of aromatic nitrogens is 1. The molecule has 0 bridgehead atoms. The predicted molar refractivity (Wildman–Crippen MR) is 72.8 cm³/mol. The van der Waals surface area contributed by atoms with Gasteiger partial charge in [0.2, 0.25) is 0 Å². The number of aliphatic carboxylic acids is 1. The minimum Gasteiger partial charge on any atom is -0.481 e. The normalized spacial score (nSPS) is 23.2. The molecule has 0 spiro atoms. The van der Waals surface area contributed by atoms with Gasteiger partial charge >= 0.3 is 5.97 Å². The Morgan fingerprint density at radius 1 is 1.53 bits per heavy atom. The molecule has 19 heavy (non-hydrogen) atoms. The summed E-state index contributed by atoms with van der Waals surface area (Å²) in [6.07, 6.45) is 2.84. The molecule has 1 aliphatic rings. The van der Waals surface area contributed by atoms with E-state index in [-0.39, 0.29) is 12.5 Å². The van der Waals surface area contributed by atoms with E-state index in [2.05, 4.69) is 20.9 Å². The molecule has 0 aromatic carbocycles. The van der Waals surface area contributed by atoms with Crippen molar-refractivity contribution in [1.82, 2.24) is 9.88 Å². The summed E-state index contributed by atoms with van der Waals surface area (Å²) in [5, 5.41) is 9.26. The van der Waals surface area contributed by atoms with Gasteiger partial charge in [-0.25, -0.2) is 4.98 Å². The van der Waals surface area contributed by atoms with E-state index >= 15 is 0 Å². The highest BCUT2D eigenvalue weighted by Crippen LogP contribution is 2.30. The van der Waals surface area contributed by atoms with E-state index < -0.39 is 11.4 Å². The van der Waals surface area contributed by atoms with Crippen LogP contribution in [0.15, 0.2) is 22.8 Å². The first-order valence-corrected chi connectivity index (χ1v) is 6.86. The van der Waals surface area contributed by atoms with Gasteiger partial charge in [0, 0.05) is 23.8 Å². The fraction of sp³-hybridized carbons (Fsp3) is 0.462. The summed E-state index contributed by atoms with van der Waals surface area (Å²) >= 11 is 3.29. The molecule has 102 valence electrons. The molecule has 1 atom stereocenters. The van der Waals surface area contributed by atoms with Crippen molar-refractivity contribution in [1.29, 1.82) is 0 Å². The van der Waals surface area contributed by atoms with Crippen LogP contribution < -0.4 is 0 Å². The van der Waals surface area contributed by atoms with Crippen LogP contribution in [-0.4, -0.2) is 40.0 Å². The third-order valence-corrected chi connectivity index (χ3v) is 4.10. The summed E-state index contributed by atoms with van der Waals surface area (Å²) in [7, 11) is 0. The molecule has 1 aromatic rings. The number of rotatable bonds is 2. The summed E-state index contributed by atoms with van der Waals surface area (Å²) < 4.78 is 0.627. The lowest BCUT2D eigenvalue weighted by molar-refractivity contribution is -0.150. The second-order valence-electron chi connectivity index (χ2n) is 5.03. The molecule has 6 heteroatoms. The Kier molecular flexibility index (Phi) is 3.89. The minimum atomic E-state index is -0.866. The number of carboxylic acids is 1. The summed E-state index contributed by atoms with van der Waals surface area (Å²) in [6.45, 7) is 2.48. The molecule has 1 saturated heterocycles. The Morgan fingerprint density at radius 2 is 2.26 bits per heavy atom. The summed E-state index contributed by atoms with van der Waals surface area (Å²) in [6, 6.07) is 3.49. The molecule has 2 rings (SSSR count). The monoisotopic (exact) mass is 326 g/mol. The molecule has 1 fully saturated rings. The standard InChI is InChI=1S/C13H15BrN2O3/c1-13(12(18)19)5-3-7-16(8-13)11(17)10-9(14)4-2-6-15-10/h2,4,6H,3,5,7-8H2,1H3,(H,18,19).